The molecule has 1 aromatic heterocycles. The van der Waals surface area contributed by atoms with Gasteiger partial charge in [0.1, 0.15) is 5.82 Å². The van der Waals surface area contributed by atoms with E-state index in [1.807, 2.05) is 0 Å². The van der Waals surface area contributed by atoms with Gasteiger partial charge in [0.15, 0.2) is 5.82 Å². The third-order valence-electron chi connectivity index (χ3n) is 2.17. The predicted octanol–water partition coefficient (Wildman–Crippen LogP) is 2.69. The lowest BCUT2D eigenvalue weighted by Crippen LogP contribution is -2.09. The molecule has 1 heterocycles. The third kappa shape index (κ3) is 2.85. The maximum Gasteiger partial charge on any atom is 0.204 e. The van der Waals surface area contributed by atoms with Crippen molar-refractivity contribution in [2.24, 2.45) is 0 Å². The van der Waals surface area contributed by atoms with Crippen LogP contribution in [-0.4, -0.2) is 15.8 Å². The second-order valence-corrected chi connectivity index (χ2v) is 3.84. The van der Waals surface area contributed by atoms with Crippen LogP contribution < -0.4 is 0 Å². The van der Waals surface area contributed by atoms with Crippen LogP contribution in [0.15, 0.2) is 36.7 Å². The summed E-state index contributed by atoms with van der Waals surface area (Å²) in [7, 11) is 0. The van der Waals surface area contributed by atoms with Gasteiger partial charge in [-0.3, -0.25) is 4.79 Å². The van der Waals surface area contributed by atoms with Crippen molar-refractivity contribution in [3.63, 3.8) is 0 Å². The first-order valence-corrected chi connectivity index (χ1v) is 5.29. The summed E-state index contributed by atoms with van der Waals surface area (Å²) in [5.41, 5.74) is 0.245. The van der Waals surface area contributed by atoms with Crippen LogP contribution in [0.2, 0.25) is 5.02 Å². The largest absolute Gasteiger partial charge is 0.290 e. The average Bonchev–Trinajstić information content (AvgIpc) is 2.35. The van der Waals surface area contributed by atoms with E-state index in [0.29, 0.717) is 5.02 Å². The van der Waals surface area contributed by atoms with E-state index >= 15 is 0 Å². The monoisotopic (exact) mass is 250 g/mol. The molecule has 0 amide bonds. The summed E-state index contributed by atoms with van der Waals surface area (Å²) in [4.78, 5) is 19.4. The molecule has 0 unspecified atom stereocenters. The van der Waals surface area contributed by atoms with Gasteiger partial charge >= 0.3 is 0 Å². The average molecular weight is 251 g/mol. The highest BCUT2D eigenvalue weighted by molar-refractivity contribution is 6.30. The second kappa shape index (κ2) is 5.01. The van der Waals surface area contributed by atoms with Crippen LogP contribution in [0.5, 0.6) is 0 Å². The maximum atomic E-state index is 13.4. The predicted molar refractivity (Wildman–Crippen MR) is 61.5 cm³/mol. The zero-order chi connectivity index (χ0) is 12.3. The van der Waals surface area contributed by atoms with E-state index in [4.69, 9.17) is 11.6 Å². The summed E-state index contributed by atoms with van der Waals surface area (Å²) in [6.07, 6.45) is 2.83. The lowest BCUT2D eigenvalue weighted by Gasteiger charge is -2.02. The first kappa shape index (κ1) is 11.7. The van der Waals surface area contributed by atoms with Crippen LogP contribution in [0.25, 0.3) is 0 Å². The number of ketones is 1. The highest BCUT2D eigenvalue weighted by Crippen LogP contribution is 2.16. The van der Waals surface area contributed by atoms with Gasteiger partial charge in [-0.2, -0.15) is 0 Å². The Morgan fingerprint density at radius 3 is 2.71 bits per heavy atom. The molecule has 0 saturated carbocycles. The van der Waals surface area contributed by atoms with E-state index in [9.17, 15) is 9.18 Å². The number of nitrogens with zero attached hydrogens (tertiary/aromatic N) is 2. The first-order valence-electron chi connectivity index (χ1n) is 4.91. The topological polar surface area (TPSA) is 42.9 Å². The fourth-order valence-corrected chi connectivity index (χ4v) is 1.57. The van der Waals surface area contributed by atoms with Crippen molar-refractivity contribution >= 4 is 17.4 Å². The van der Waals surface area contributed by atoms with Crippen LogP contribution in [-0.2, 0) is 6.42 Å². The number of hydrogen-bond donors (Lipinski definition) is 0. The first-order chi connectivity index (χ1) is 8.16. The number of rotatable bonds is 3. The molecule has 0 atom stereocenters. The Bertz CT molecular complexity index is 545. The van der Waals surface area contributed by atoms with Crippen LogP contribution in [0.1, 0.15) is 16.2 Å². The van der Waals surface area contributed by atoms with Crippen LogP contribution in [0.4, 0.5) is 4.39 Å². The molecule has 3 nitrogen and oxygen atoms in total. The number of carbonyl (C=O) groups is 1. The molecule has 2 rings (SSSR count). The Hall–Kier alpha value is -1.81. The van der Waals surface area contributed by atoms with Crippen molar-refractivity contribution in [3.05, 3.63) is 58.9 Å². The fourth-order valence-electron chi connectivity index (χ4n) is 1.37. The molecule has 2 aromatic rings. The Labute approximate surface area is 102 Å². The molecular weight excluding hydrogens is 243 g/mol. The Kier molecular flexibility index (Phi) is 3.44. The number of Topliss-reactive ketones (excluding diaryl/α,β-unsaturated/α-hetero) is 1. The number of aromatic nitrogens is 2. The molecule has 17 heavy (non-hydrogen) atoms. The van der Waals surface area contributed by atoms with Gasteiger partial charge in [0.25, 0.3) is 0 Å². The summed E-state index contributed by atoms with van der Waals surface area (Å²) < 4.78 is 13.4. The van der Waals surface area contributed by atoms with E-state index in [2.05, 4.69) is 9.97 Å². The lowest BCUT2D eigenvalue weighted by molar-refractivity contribution is 0.0982. The Morgan fingerprint density at radius 2 is 2.00 bits per heavy atom. The Balaban J connectivity index is 2.22. The highest BCUT2D eigenvalue weighted by atomic mass is 35.5. The van der Waals surface area contributed by atoms with Crippen LogP contribution in [0.3, 0.4) is 0 Å². The molecule has 0 spiro atoms. The van der Waals surface area contributed by atoms with Crippen molar-refractivity contribution in [1.29, 1.82) is 0 Å². The minimum atomic E-state index is -0.460. The summed E-state index contributed by atoms with van der Waals surface area (Å²) >= 11 is 5.74. The van der Waals surface area contributed by atoms with Crippen molar-refractivity contribution in [2.45, 2.75) is 6.42 Å². The van der Waals surface area contributed by atoms with Gasteiger partial charge in [-0.1, -0.05) is 11.6 Å². The minimum Gasteiger partial charge on any atom is -0.290 e. The standard InChI is InChI=1S/C12H8ClFN2O/c13-9-2-3-10(14)8(6-9)7-11(17)12-15-4-1-5-16-12/h1-6H,7H2. The molecule has 0 saturated heterocycles. The summed E-state index contributed by atoms with van der Waals surface area (Å²) in [6, 6.07) is 5.70. The quantitative estimate of drug-likeness (QED) is 0.787. The molecule has 1 aromatic carbocycles. The highest BCUT2D eigenvalue weighted by Gasteiger charge is 2.12. The van der Waals surface area contributed by atoms with E-state index in [1.165, 1.54) is 30.6 Å². The molecule has 0 fully saturated rings. The van der Waals surface area contributed by atoms with Crippen molar-refractivity contribution < 1.29 is 9.18 Å². The third-order valence-corrected chi connectivity index (χ3v) is 2.41. The minimum absolute atomic E-state index is 0.0758. The van der Waals surface area contributed by atoms with E-state index < -0.39 is 5.82 Å². The number of halogens is 2. The molecule has 0 N–H and O–H groups in total. The normalized spacial score (nSPS) is 10.2. The molecule has 0 radical (unpaired) electrons. The lowest BCUT2D eigenvalue weighted by atomic mass is 10.1. The Morgan fingerprint density at radius 1 is 1.29 bits per heavy atom. The number of hydrogen-bond acceptors (Lipinski definition) is 3. The SMILES string of the molecule is O=C(Cc1cc(Cl)ccc1F)c1ncccn1. The second-order valence-electron chi connectivity index (χ2n) is 3.41. The molecule has 0 bridgehead atoms. The summed E-state index contributed by atoms with van der Waals surface area (Å²) in [6.45, 7) is 0. The zero-order valence-corrected chi connectivity index (χ0v) is 9.49. The fraction of sp³-hybridized carbons (Fsp3) is 0.0833. The van der Waals surface area contributed by atoms with Crippen LogP contribution in [0, 0.1) is 5.82 Å². The van der Waals surface area contributed by atoms with Crippen molar-refractivity contribution in [3.8, 4) is 0 Å². The summed E-state index contributed by atoms with van der Waals surface area (Å²) in [5.74, 6) is -0.725. The van der Waals surface area contributed by atoms with Gasteiger partial charge < -0.3 is 0 Å². The molecule has 0 aliphatic rings. The van der Waals surface area contributed by atoms with Gasteiger partial charge in [-0.15, -0.1) is 0 Å². The molecular formula is C12H8ClFN2O. The zero-order valence-electron chi connectivity index (χ0n) is 8.73. The molecule has 86 valence electrons. The van der Waals surface area contributed by atoms with E-state index in [1.54, 1.807) is 6.07 Å². The maximum absolute atomic E-state index is 13.4. The van der Waals surface area contributed by atoms with Gasteiger partial charge in [-0.05, 0) is 29.8 Å². The van der Waals surface area contributed by atoms with Gasteiger partial charge in [0.05, 0.1) is 0 Å². The van der Waals surface area contributed by atoms with Crippen molar-refractivity contribution in [1.82, 2.24) is 9.97 Å². The van der Waals surface area contributed by atoms with Gasteiger partial charge in [0.2, 0.25) is 5.78 Å². The number of carbonyl (C=O) groups excluding carboxylic acids is 1. The smallest absolute Gasteiger partial charge is 0.204 e. The van der Waals surface area contributed by atoms with Gasteiger partial charge in [0, 0.05) is 23.8 Å². The summed E-state index contributed by atoms with van der Waals surface area (Å²) in [5, 5.41) is 0.392. The van der Waals surface area contributed by atoms with Crippen molar-refractivity contribution in [2.75, 3.05) is 0 Å². The van der Waals surface area contributed by atoms with Crippen LogP contribution >= 0.6 is 11.6 Å². The molecule has 0 aliphatic heterocycles. The molecule has 5 heteroatoms. The van der Waals surface area contributed by atoms with Gasteiger partial charge in [-0.25, -0.2) is 14.4 Å². The van der Waals surface area contributed by atoms with E-state index in [0.717, 1.165) is 0 Å². The number of benzene rings is 1. The molecule has 0 aliphatic carbocycles. The van der Waals surface area contributed by atoms with E-state index in [-0.39, 0.29) is 23.6 Å².